The first-order valence-electron chi connectivity index (χ1n) is 6.95. The first-order valence-corrected chi connectivity index (χ1v) is 6.95. The average Bonchev–Trinajstić information content (AvgIpc) is 2.52. The first kappa shape index (κ1) is 17.9. The normalized spacial score (nSPS) is 50.0. The van der Waals surface area contributed by atoms with Crippen LogP contribution in [0.15, 0.2) is 0 Å². The number of ether oxygens (including phenoxy) is 3. The van der Waals surface area contributed by atoms with Crippen molar-refractivity contribution in [3.63, 3.8) is 0 Å². The van der Waals surface area contributed by atoms with Crippen molar-refractivity contribution in [3.05, 3.63) is 0 Å². The standard InChI is InChI=1S/C12H22O10/c13-1-5-8(17)9(18)10(19)12(21-5)22-11-6(2-14)20-3-4(15)7(11)16/h4-19H,1-3H2. The van der Waals surface area contributed by atoms with Gasteiger partial charge in [-0.2, -0.15) is 0 Å². The third-order valence-electron chi connectivity index (χ3n) is 3.90. The third kappa shape index (κ3) is 3.41. The molecule has 2 heterocycles. The summed E-state index contributed by atoms with van der Waals surface area (Å²) in [6.45, 7) is -1.33. The molecule has 10 nitrogen and oxygen atoms in total. The smallest absolute Gasteiger partial charge is 0.187 e. The van der Waals surface area contributed by atoms with Gasteiger partial charge in [-0.15, -0.1) is 0 Å². The van der Waals surface area contributed by atoms with Gasteiger partial charge in [0, 0.05) is 0 Å². The van der Waals surface area contributed by atoms with Gasteiger partial charge in [-0.3, -0.25) is 0 Å². The molecule has 2 fully saturated rings. The number of hydrogen-bond donors (Lipinski definition) is 7. The molecule has 2 aliphatic rings. The van der Waals surface area contributed by atoms with Crippen LogP contribution < -0.4 is 0 Å². The van der Waals surface area contributed by atoms with Crippen LogP contribution in [0.3, 0.4) is 0 Å². The molecular formula is C12H22O10. The van der Waals surface area contributed by atoms with E-state index in [4.69, 9.17) is 19.3 Å². The van der Waals surface area contributed by atoms with Crippen molar-refractivity contribution in [2.75, 3.05) is 19.8 Å². The molecule has 0 aliphatic carbocycles. The summed E-state index contributed by atoms with van der Waals surface area (Å²) < 4.78 is 15.6. The first-order chi connectivity index (χ1) is 10.4. The highest BCUT2D eigenvalue weighted by atomic mass is 16.7. The lowest BCUT2D eigenvalue weighted by Gasteiger charge is -2.44. The number of hydrogen-bond acceptors (Lipinski definition) is 10. The minimum absolute atomic E-state index is 0.194. The fourth-order valence-corrected chi connectivity index (χ4v) is 2.51. The van der Waals surface area contributed by atoms with Crippen molar-refractivity contribution in [1.29, 1.82) is 0 Å². The van der Waals surface area contributed by atoms with E-state index in [9.17, 15) is 30.6 Å². The molecule has 0 aromatic heterocycles. The molecule has 2 rings (SSSR count). The Labute approximate surface area is 126 Å². The van der Waals surface area contributed by atoms with E-state index in [0.29, 0.717) is 0 Å². The Balaban J connectivity index is 2.09. The molecule has 0 amide bonds. The Kier molecular flexibility index (Phi) is 6.07. The van der Waals surface area contributed by atoms with Crippen LogP contribution in [0.2, 0.25) is 0 Å². The Bertz CT molecular complexity index is 351. The van der Waals surface area contributed by atoms with E-state index in [-0.39, 0.29) is 6.61 Å². The second-order valence-electron chi connectivity index (χ2n) is 5.41. The molecule has 9 unspecified atom stereocenters. The highest BCUT2D eigenvalue weighted by Crippen LogP contribution is 2.27. The molecule has 22 heavy (non-hydrogen) atoms. The summed E-state index contributed by atoms with van der Waals surface area (Å²) >= 11 is 0. The largest absolute Gasteiger partial charge is 0.394 e. The Morgan fingerprint density at radius 3 is 2.05 bits per heavy atom. The molecule has 7 N–H and O–H groups in total. The summed E-state index contributed by atoms with van der Waals surface area (Å²) in [4.78, 5) is 0. The fourth-order valence-electron chi connectivity index (χ4n) is 2.51. The molecule has 0 saturated carbocycles. The zero-order valence-electron chi connectivity index (χ0n) is 11.7. The summed E-state index contributed by atoms with van der Waals surface area (Å²) in [6, 6.07) is 0. The number of aliphatic hydroxyl groups excluding tert-OH is 7. The molecular weight excluding hydrogens is 304 g/mol. The van der Waals surface area contributed by atoms with Gasteiger partial charge in [0.1, 0.15) is 48.8 Å². The van der Waals surface area contributed by atoms with Crippen molar-refractivity contribution in [2.24, 2.45) is 0 Å². The van der Waals surface area contributed by atoms with Gasteiger partial charge in [-0.1, -0.05) is 0 Å². The highest BCUT2D eigenvalue weighted by Gasteiger charge is 2.48. The second-order valence-corrected chi connectivity index (χ2v) is 5.41. The third-order valence-corrected chi connectivity index (χ3v) is 3.90. The van der Waals surface area contributed by atoms with Crippen molar-refractivity contribution in [1.82, 2.24) is 0 Å². The topological polar surface area (TPSA) is 169 Å². The minimum atomic E-state index is -1.65. The molecule has 0 aromatic carbocycles. The van der Waals surface area contributed by atoms with Gasteiger partial charge in [0.05, 0.1) is 19.8 Å². The van der Waals surface area contributed by atoms with Gasteiger partial charge < -0.3 is 50.0 Å². The second kappa shape index (κ2) is 7.45. The Hall–Kier alpha value is -0.400. The molecule has 9 atom stereocenters. The van der Waals surface area contributed by atoms with E-state index in [1.54, 1.807) is 0 Å². The Morgan fingerprint density at radius 2 is 1.45 bits per heavy atom. The zero-order valence-corrected chi connectivity index (χ0v) is 11.7. The molecule has 2 aliphatic heterocycles. The lowest BCUT2D eigenvalue weighted by molar-refractivity contribution is -0.336. The lowest BCUT2D eigenvalue weighted by atomic mass is 9.97. The van der Waals surface area contributed by atoms with Crippen molar-refractivity contribution in [3.8, 4) is 0 Å². The van der Waals surface area contributed by atoms with Crippen molar-refractivity contribution >= 4 is 0 Å². The van der Waals surface area contributed by atoms with Crippen LogP contribution in [0.4, 0.5) is 0 Å². The maximum Gasteiger partial charge on any atom is 0.187 e. The van der Waals surface area contributed by atoms with Crippen LogP contribution in [0.1, 0.15) is 0 Å². The van der Waals surface area contributed by atoms with E-state index >= 15 is 0 Å². The van der Waals surface area contributed by atoms with Crippen LogP contribution in [0.5, 0.6) is 0 Å². The van der Waals surface area contributed by atoms with Gasteiger partial charge in [0.25, 0.3) is 0 Å². The van der Waals surface area contributed by atoms with Crippen molar-refractivity contribution in [2.45, 2.75) is 55.1 Å². The summed E-state index contributed by atoms with van der Waals surface area (Å²) in [5, 5.41) is 67.0. The van der Waals surface area contributed by atoms with Crippen LogP contribution in [0.25, 0.3) is 0 Å². The molecule has 130 valence electrons. The van der Waals surface area contributed by atoms with E-state index in [2.05, 4.69) is 0 Å². The van der Waals surface area contributed by atoms with E-state index in [1.807, 2.05) is 0 Å². The van der Waals surface area contributed by atoms with Gasteiger partial charge in [-0.25, -0.2) is 0 Å². The zero-order chi connectivity index (χ0) is 16.4. The van der Waals surface area contributed by atoms with Crippen LogP contribution in [0, 0.1) is 0 Å². The van der Waals surface area contributed by atoms with Crippen molar-refractivity contribution < 1.29 is 50.0 Å². The van der Waals surface area contributed by atoms with Crippen LogP contribution in [-0.2, 0) is 14.2 Å². The molecule has 0 radical (unpaired) electrons. The van der Waals surface area contributed by atoms with E-state index in [0.717, 1.165) is 0 Å². The number of rotatable bonds is 4. The SMILES string of the molecule is OCC1OC(OC2C(CO)OCC(O)C2O)C(O)C(O)C1O. The molecule has 0 spiro atoms. The minimum Gasteiger partial charge on any atom is -0.394 e. The summed E-state index contributed by atoms with van der Waals surface area (Å²) in [7, 11) is 0. The predicted molar refractivity (Wildman–Crippen MR) is 67.5 cm³/mol. The summed E-state index contributed by atoms with van der Waals surface area (Å²) in [5.74, 6) is 0. The molecule has 0 bridgehead atoms. The maximum atomic E-state index is 9.93. The van der Waals surface area contributed by atoms with Crippen LogP contribution in [-0.4, -0.2) is 111 Å². The molecule has 10 heteroatoms. The van der Waals surface area contributed by atoms with E-state index < -0.39 is 68.3 Å². The maximum absolute atomic E-state index is 9.93. The highest BCUT2D eigenvalue weighted by molar-refractivity contribution is 4.92. The van der Waals surface area contributed by atoms with E-state index in [1.165, 1.54) is 0 Å². The van der Waals surface area contributed by atoms with Gasteiger partial charge in [-0.05, 0) is 0 Å². The monoisotopic (exact) mass is 326 g/mol. The summed E-state index contributed by atoms with van der Waals surface area (Å²) in [6.07, 6.45) is -12.3. The van der Waals surface area contributed by atoms with Gasteiger partial charge in [0.2, 0.25) is 0 Å². The van der Waals surface area contributed by atoms with Gasteiger partial charge in [0.15, 0.2) is 6.29 Å². The Morgan fingerprint density at radius 1 is 0.818 bits per heavy atom. The summed E-state index contributed by atoms with van der Waals surface area (Å²) in [5.41, 5.74) is 0. The predicted octanol–water partition coefficient (Wildman–Crippen LogP) is -4.72. The average molecular weight is 326 g/mol. The molecule has 0 aromatic rings. The lowest BCUT2D eigenvalue weighted by Crippen LogP contribution is -2.63. The fraction of sp³-hybridized carbons (Fsp3) is 1.00. The number of aliphatic hydroxyl groups is 7. The van der Waals surface area contributed by atoms with Crippen LogP contribution >= 0.6 is 0 Å². The quantitative estimate of drug-likeness (QED) is 0.266. The molecule has 2 saturated heterocycles. The van der Waals surface area contributed by atoms with Gasteiger partial charge >= 0.3 is 0 Å².